The molecule has 1 aromatic carbocycles. The Balaban J connectivity index is 1.57. The van der Waals surface area contributed by atoms with Crippen molar-refractivity contribution in [2.24, 2.45) is 5.92 Å². The largest absolute Gasteiger partial charge is 0.352 e. The Kier molecular flexibility index (Phi) is 4.36. The fourth-order valence-corrected chi connectivity index (χ4v) is 3.09. The summed E-state index contributed by atoms with van der Waals surface area (Å²) in [6.07, 6.45) is 3.92. The van der Waals surface area contributed by atoms with Crippen LogP contribution in [0.15, 0.2) is 30.9 Å². The molecule has 0 aliphatic heterocycles. The average Bonchev–Trinajstić information content (AvgIpc) is 3.11. The molecule has 1 aliphatic carbocycles. The van der Waals surface area contributed by atoms with Crippen LogP contribution in [0.2, 0.25) is 10.0 Å². The van der Waals surface area contributed by atoms with Gasteiger partial charge in [-0.05, 0) is 30.9 Å². The lowest BCUT2D eigenvalue weighted by Gasteiger charge is -2.13. The first-order chi connectivity index (χ1) is 10.6. The molecule has 5 nitrogen and oxygen atoms in total. The summed E-state index contributed by atoms with van der Waals surface area (Å²) in [7, 11) is 0. The fourth-order valence-electron chi connectivity index (χ4n) is 2.64. The number of benzene rings is 1. The maximum Gasteiger partial charge on any atom is 0.224 e. The van der Waals surface area contributed by atoms with Gasteiger partial charge in [-0.25, -0.2) is 4.98 Å². The quantitative estimate of drug-likeness (QED) is 0.911. The SMILES string of the molecule is C[C@H](Cn1cncn1)NC(=O)[C@@H]1C[C@H]1c1cccc(Cl)c1Cl. The van der Waals surface area contributed by atoms with E-state index in [1.54, 1.807) is 17.1 Å². The lowest BCUT2D eigenvalue weighted by Crippen LogP contribution is -2.37. The summed E-state index contributed by atoms with van der Waals surface area (Å²) >= 11 is 12.2. The molecule has 1 N–H and O–H groups in total. The Morgan fingerprint density at radius 1 is 1.50 bits per heavy atom. The molecule has 0 bridgehead atoms. The summed E-state index contributed by atoms with van der Waals surface area (Å²) in [4.78, 5) is 16.2. The molecule has 3 atom stereocenters. The molecular formula is C15H16Cl2N4O. The van der Waals surface area contributed by atoms with E-state index in [1.165, 1.54) is 6.33 Å². The molecule has 1 heterocycles. The number of amides is 1. The van der Waals surface area contributed by atoms with Gasteiger partial charge >= 0.3 is 0 Å². The summed E-state index contributed by atoms with van der Waals surface area (Å²) in [5, 5.41) is 8.13. The van der Waals surface area contributed by atoms with Gasteiger partial charge in [-0.1, -0.05) is 35.3 Å². The van der Waals surface area contributed by atoms with Crippen molar-refractivity contribution < 1.29 is 4.79 Å². The summed E-state index contributed by atoms with van der Waals surface area (Å²) in [6.45, 7) is 2.55. The minimum absolute atomic E-state index is 0.00900. The second-order valence-corrected chi connectivity index (χ2v) is 6.40. The van der Waals surface area contributed by atoms with Crippen LogP contribution in [-0.2, 0) is 11.3 Å². The van der Waals surface area contributed by atoms with Crippen molar-refractivity contribution in [3.63, 3.8) is 0 Å². The van der Waals surface area contributed by atoms with Crippen molar-refractivity contribution in [3.05, 3.63) is 46.5 Å². The van der Waals surface area contributed by atoms with Crippen LogP contribution >= 0.6 is 23.2 Å². The van der Waals surface area contributed by atoms with Gasteiger partial charge in [0.05, 0.1) is 16.6 Å². The van der Waals surface area contributed by atoms with Gasteiger partial charge in [0.2, 0.25) is 5.91 Å². The van der Waals surface area contributed by atoms with E-state index in [4.69, 9.17) is 23.2 Å². The van der Waals surface area contributed by atoms with Crippen LogP contribution in [0.4, 0.5) is 0 Å². The minimum atomic E-state index is -0.0332. The molecule has 7 heteroatoms. The molecule has 0 radical (unpaired) electrons. The van der Waals surface area contributed by atoms with Crippen LogP contribution in [0.1, 0.15) is 24.8 Å². The third-order valence-electron chi connectivity index (χ3n) is 3.82. The van der Waals surface area contributed by atoms with E-state index >= 15 is 0 Å². The zero-order valence-corrected chi connectivity index (χ0v) is 13.6. The topological polar surface area (TPSA) is 59.8 Å². The molecule has 116 valence electrons. The van der Waals surface area contributed by atoms with Crippen LogP contribution in [0, 0.1) is 5.92 Å². The first-order valence-electron chi connectivity index (χ1n) is 7.13. The molecule has 0 spiro atoms. The third-order valence-corrected chi connectivity index (χ3v) is 4.66. The highest BCUT2D eigenvalue weighted by molar-refractivity contribution is 6.42. The number of carbonyl (C=O) groups excluding carboxylic acids is 1. The maximum atomic E-state index is 12.3. The fraction of sp³-hybridized carbons (Fsp3) is 0.400. The highest BCUT2D eigenvalue weighted by Crippen LogP contribution is 2.50. The van der Waals surface area contributed by atoms with Gasteiger partial charge in [-0.3, -0.25) is 9.48 Å². The van der Waals surface area contributed by atoms with Crippen molar-refractivity contribution in [1.29, 1.82) is 0 Å². The van der Waals surface area contributed by atoms with E-state index in [0.29, 0.717) is 16.6 Å². The summed E-state index contributed by atoms with van der Waals surface area (Å²) in [5.74, 6) is 0.174. The second-order valence-electron chi connectivity index (χ2n) is 5.62. The highest BCUT2D eigenvalue weighted by Gasteiger charge is 2.45. The van der Waals surface area contributed by atoms with Gasteiger partial charge in [0.15, 0.2) is 0 Å². The van der Waals surface area contributed by atoms with Crippen molar-refractivity contribution in [2.45, 2.75) is 31.8 Å². The number of nitrogens with one attached hydrogen (secondary N) is 1. The third kappa shape index (κ3) is 3.25. The van der Waals surface area contributed by atoms with E-state index in [1.807, 2.05) is 19.1 Å². The van der Waals surface area contributed by atoms with Crippen LogP contribution in [0.3, 0.4) is 0 Å². The Bertz CT molecular complexity index is 674. The first-order valence-corrected chi connectivity index (χ1v) is 7.88. The van der Waals surface area contributed by atoms with Crippen LogP contribution in [0.25, 0.3) is 0 Å². The molecule has 1 saturated carbocycles. The van der Waals surface area contributed by atoms with E-state index in [-0.39, 0.29) is 23.8 Å². The zero-order valence-electron chi connectivity index (χ0n) is 12.0. The number of rotatable bonds is 5. The lowest BCUT2D eigenvalue weighted by atomic mass is 10.1. The van der Waals surface area contributed by atoms with E-state index < -0.39 is 0 Å². The molecule has 1 aliphatic rings. The molecule has 22 heavy (non-hydrogen) atoms. The van der Waals surface area contributed by atoms with Gasteiger partial charge in [0.25, 0.3) is 0 Å². The lowest BCUT2D eigenvalue weighted by molar-refractivity contribution is -0.123. The summed E-state index contributed by atoms with van der Waals surface area (Å²) in [6, 6.07) is 5.55. The van der Waals surface area contributed by atoms with Crippen molar-refractivity contribution in [2.75, 3.05) is 0 Å². The van der Waals surface area contributed by atoms with E-state index in [0.717, 1.165) is 12.0 Å². The van der Waals surface area contributed by atoms with Gasteiger partial charge in [-0.2, -0.15) is 5.10 Å². The Morgan fingerprint density at radius 3 is 3.05 bits per heavy atom. The summed E-state index contributed by atoms with van der Waals surface area (Å²) < 4.78 is 1.70. The van der Waals surface area contributed by atoms with Crippen molar-refractivity contribution >= 4 is 29.1 Å². The van der Waals surface area contributed by atoms with Crippen LogP contribution < -0.4 is 5.32 Å². The second kappa shape index (κ2) is 6.26. The number of nitrogens with zero attached hydrogens (tertiary/aromatic N) is 3. The van der Waals surface area contributed by atoms with Gasteiger partial charge in [-0.15, -0.1) is 0 Å². The predicted octanol–water partition coefficient (Wildman–Crippen LogP) is 2.89. The maximum absolute atomic E-state index is 12.3. The number of halogens is 2. The standard InChI is InChI=1S/C15H16Cl2N4O/c1-9(6-21-8-18-7-19-21)20-15(22)12-5-11(12)10-3-2-4-13(16)14(10)17/h2-4,7-9,11-12H,5-6H2,1H3,(H,20,22)/t9-,11+,12-/m1/s1. The molecule has 3 rings (SSSR count). The monoisotopic (exact) mass is 338 g/mol. The number of hydrogen-bond donors (Lipinski definition) is 1. The minimum Gasteiger partial charge on any atom is -0.352 e. The number of aromatic nitrogens is 3. The van der Waals surface area contributed by atoms with E-state index in [9.17, 15) is 4.79 Å². The number of hydrogen-bond acceptors (Lipinski definition) is 3. The molecule has 2 aromatic rings. The predicted molar refractivity (Wildman–Crippen MR) is 84.9 cm³/mol. The van der Waals surface area contributed by atoms with E-state index in [2.05, 4.69) is 15.4 Å². The highest BCUT2D eigenvalue weighted by atomic mass is 35.5. The van der Waals surface area contributed by atoms with Crippen molar-refractivity contribution in [1.82, 2.24) is 20.1 Å². The van der Waals surface area contributed by atoms with Gasteiger partial charge in [0, 0.05) is 12.0 Å². The van der Waals surface area contributed by atoms with Gasteiger partial charge in [0.1, 0.15) is 12.7 Å². The normalized spacial score (nSPS) is 21.4. The molecule has 1 aromatic heterocycles. The van der Waals surface area contributed by atoms with Gasteiger partial charge < -0.3 is 5.32 Å². The Hall–Kier alpha value is -1.59. The van der Waals surface area contributed by atoms with Crippen molar-refractivity contribution in [3.8, 4) is 0 Å². The smallest absolute Gasteiger partial charge is 0.224 e. The molecule has 0 unspecified atom stereocenters. The zero-order chi connectivity index (χ0) is 15.7. The molecule has 1 fully saturated rings. The Morgan fingerprint density at radius 2 is 2.32 bits per heavy atom. The first kappa shape index (κ1) is 15.3. The molecule has 1 amide bonds. The average molecular weight is 339 g/mol. The molecule has 0 saturated heterocycles. The Labute approximate surface area is 138 Å². The van der Waals surface area contributed by atoms with Crippen LogP contribution in [0.5, 0.6) is 0 Å². The van der Waals surface area contributed by atoms with Crippen LogP contribution in [-0.4, -0.2) is 26.7 Å². The molecular weight excluding hydrogens is 323 g/mol. The summed E-state index contributed by atoms with van der Waals surface area (Å²) in [5.41, 5.74) is 0.957. The number of carbonyl (C=O) groups is 1.